The minimum Gasteiger partial charge on any atom is -0.383 e. The van der Waals surface area contributed by atoms with E-state index >= 15 is 0 Å². The molecule has 0 aromatic carbocycles. The highest BCUT2D eigenvalue weighted by Gasteiger charge is 2.49. The quantitative estimate of drug-likeness (QED) is 0.602. The van der Waals surface area contributed by atoms with Crippen LogP contribution < -0.4 is 0 Å². The molecular weight excluding hydrogens is 169 g/mol. The Bertz CT molecular complexity index is 231. The SMILES string of the molecule is C=C1CN2CC(F)CC2(COC)C1. The maximum absolute atomic E-state index is 13.2. The fourth-order valence-electron chi connectivity index (χ4n) is 2.72. The highest BCUT2D eigenvalue weighted by Crippen LogP contribution is 2.41. The first-order chi connectivity index (χ1) is 6.16. The van der Waals surface area contributed by atoms with E-state index in [0.717, 1.165) is 13.0 Å². The van der Waals surface area contributed by atoms with Crippen molar-refractivity contribution in [3.8, 4) is 0 Å². The van der Waals surface area contributed by atoms with Crippen LogP contribution in [0.15, 0.2) is 12.2 Å². The van der Waals surface area contributed by atoms with Crippen LogP contribution >= 0.6 is 0 Å². The van der Waals surface area contributed by atoms with Gasteiger partial charge >= 0.3 is 0 Å². The second kappa shape index (κ2) is 3.07. The predicted octanol–water partition coefficient (Wildman–Crippen LogP) is 1.38. The Labute approximate surface area is 78.4 Å². The van der Waals surface area contributed by atoms with Crippen LogP contribution in [0.2, 0.25) is 0 Å². The number of hydrogen-bond donors (Lipinski definition) is 0. The lowest BCUT2D eigenvalue weighted by molar-refractivity contribution is 0.0653. The minimum absolute atomic E-state index is 0.0642. The van der Waals surface area contributed by atoms with E-state index in [1.165, 1.54) is 5.57 Å². The topological polar surface area (TPSA) is 12.5 Å². The molecule has 0 N–H and O–H groups in total. The second-order valence-corrected chi connectivity index (χ2v) is 4.27. The maximum atomic E-state index is 13.2. The van der Waals surface area contributed by atoms with Gasteiger partial charge in [0.1, 0.15) is 6.17 Å². The third-order valence-electron chi connectivity index (χ3n) is 3.10. The van der Waals surface area contributed by atoms with Crippen molar-refractivity contribution in [1.82, 2.24) is 4.90 Å². The van der Waals surface area contributed by atoms with Gasteiger partial charge in [0.05, 0.1) is 12.1 Å². The number of ether oxygens (including phenoxy) is 1. The number of alkyl halides is 1. The molecule has 2 rings (SSSR count). The summed E-state index contributed by atoms with van der Waals surface area (Å²) in [4.78, 5) is 2.18. The highest BCUT2D eigenvalue weighted by atomic mass is 19.1. The molecule has 0 aliphatic carbocycles. The molecule has 2 heterocycles. The first kappa shape index (κ1) is 9.16. The summed E-state index contributed by atoms with van der Waals surface area (Å²) in [6.45, 7) is 6.01. The molecule has 0 spiro atoms. The van der Waals surface area contributed by atoms with Crippen LogP contribution in [0.4, 0.5) is 4.39 Å². The summed E-state index contributed by atoms with van der Waals surface area (Å²) >= 11 is 0. The van der Waals surface area contributed by atoms with Crippen LogP contribution in [-0.2, 0) is 4.74 Å². The minimum atomic E-state index is -0.678. The van der Waals surface area contributed by atoms with E-state index in [-0.39, 0.29) is 5.54 Å². The van der Waals surface area contributed by atoms with E-state index in [0.29, 0.717) is 19.6 Å². The lowest BCUT2D eigenvalue weighted by atomic mass is 9.93. The molecule has 0 radical (unpaired) electrons. The number of fused-ring (bicyclic) bond motifs is 1. The van der Waals surface area contributed by atoms with Crippen LogP contribution in [0.5, 0.6) is 0 Å². The van der Waals surface area contributed by atoms with Gasteiger partial charge in [-0.15, -0.1) is 0 Å². The average Bonchev–Trinajstić information content (AvgIpc) is 2.40. The molecule has 2 aliphatic heterocycles. The van der Waals surface area contributed by atoms with Crippen molar-refractivity contribution in [2.45, 2.75) is 24.6 Å². The van der Waals surface area contributed by atoms with E-state index in [1.807, 2.05) is 0 Å². The molecule has 2 aliphatic rings. The van der Waals surface area contributed by atoms with Crippen molar-refractivity contribution in [2.75, 3.05) is 26.8 Å². The van der Waals surface area contributed by atoms with E-state index < -0.39 is 6.17 Å². The van der Waals surface area contributed by atoms with Gasteiger partial charge in [-0.05, 0) is 6.42 Å². The maximum Gasteiger partial charge on any atom is 0.115 e. The summed E-state index contributed by atoms with van der Waals surface area (Å²) in [5.41, 5.74) is 1.15. The van der Waals surface area contributed by atoms with Crippen LogP contribution in [0.25, 0.3) is 0 Å². The molecule has 0 saturated carbocycles. The zero-order valence-electron chi connectivity index (χ0n) is 8.05. The van der Waals surface area contributed by atoms with Crippen molar-refractivity contribution in [1.29, 1.82) is 0 Å². The molecular formula is C10H16FNO. The fraction of sp³-hybridized carbons (Fsp3) is 0.800. The zero-order valence-corrected chi connectivity index (χ0v) is 8.05. The predicted molar refractivity (Wildman–Crippen MR) is 49.5 cm³/mol. The molecule has 2 saturated heterocycles. The van der Waals surface area contributed by atoms with Gasteiger partial charge in [-0.1, -0.05) is 12.2 Å². The average molecular weight is 185 g/mol. The van der Waals surface area contributed by atoms with Crippen molar-refractivity contribution >= 4 is 0 Å². The number of methoxy groups -OCH3 is 1. The number of halogens is 1. The largest absolute Gasteiger partial charge is 0.383 e. The summed E-state index contributed by atoms with van der Waals surface area (Å²) in [7, 11) is 1.68. The molecule has 2 fully saturated rings. The van der Waals surface area contributed by atoms with Gasteiger partial charge in [0, 0.05) is 26.6 Å². The third-order valence-corrected chi connectivity index (χ3v) is 3.10. The summed E-state index contributed by atoms with van der Waals surface area (Å²) in [5.74, 6) is 0. The zero-order chi connectivity index (χ0) is 9.47. The van der Waals surface area contributed by atoms with Crippen molar-refractivity contribution in [2.24, 2.45) is 0 Å². The van der Waals surface area contributed by atoms with E-state index in [2.05, 4.69) is 11.5 Å². The molecule has 3 heteroatoms. The standard InChI is InChI=1S/C10H16FNO/c1-8-3-10(7-13-2)4-9(11)6-12(10)5-8/h9H,1,3-7H2,2H3. The lowest BCUT2D eigenvalue weighted by Crippen LogP contribution is -2.42. The molecule has 0 aromatic rings. The van der Waals surface area contributed by atoms with Gasteiger partial charge in [-0.25, -0.2) is 4.39 Å². The van der Waals surface area contributed by atoms with Crippen molar-refractivity contribution in [3.05, 3.63) is 12.2 Å². The molecule has 2 atom stereocenters. The Morgan fingerprint density at radius 2 is 2.54 bits per heavy atom. The van der Waals surface area contributed by atoms with Gasteiger partial charge < -0.3 is 4.74 Å². The Balaban J connectivity index is 2.16. The van der Waals surface area contributed by atoms with Crippen molar-refractivity contribution in [3.63, 3.8) is 0 Å². The molecule has 0 aromatic heterocycles. The molecule has 0 bridgehead atoms. The Morgan fingerprint density at radius 1 is 1.77 bits per heavy atom. The summed E-state index contributed by atoms with van der Waals surface area (Å²) in [6.07, 6.45) is 0.837. The number of hydrogen-bond acceptors (Lipinski definition) is 2. The highest BCUT2D eigenvalue weighted by molar-refractivity contribution is 5.19. The Kier molecular flexibility index (Phi) is 2.16. The molecule has 0 amide bonds. The Hall–Kier alpha value is -0.410. The van der Waals surface area contributed by atoms with Crippen LogP contribution in [-0.4, -0.2) is 43.4 Å². The normalized spacial score (nSPS) is 39.8. The fourth-order valence-corrected chi connectivity index (χ4v) is 2.72. The number of rotatable bonds is 2. The summed E-state index contributed by atoms with van der Waals surface area (Å²) < 4.78 is 18.4. The summed E-state index contributed by atoms with van der Waals surface area (Å²) in [6, 6.07) is 0. The van der Waals surface area contributed by atoms with Gasteiger partial charge in [-0.2, -0.15) is 0 Å². The van der Waals surface area contributed by atoms with E-state index in [4.69, 9.17) is 4.74 Å². The molecule has 74 valence electrons. The van der Waals surface area contributed by atoms with E-state index in [1.54, 1.807) is 7.11 Å². The van der Waals surface area contributed by atoms with Gasteiger partial charge in [0.2, 0.25) is 0 Å². The first-order valence-electron chi connectivity index (χ1n) is 4.71. The van der Waals surface area contributed by atoms with Crippen LogP contribution in [0, 0.1) is 0 Å². The third kappa shape index (κ3) is 1.40. The molecule has 13 heavy (non-hydrogen) atoms. The van der Waals surface area contributed by atoms with Gasteiger partial charge in [0.15, 0.2) is 0 Å². The second-order valence-electron chi connectivity index (χ2n) is 4.27. The first-order valence-corrected chi connectivity index (χ1v) is 4.71. The summed E-state index contributed by atoms with van der Waals surface area (Å²) in [5, 5.41) is 0. The van der Waals surface area contributed by atoms with Gasteiger partial charge in [0.25, 0.3) is 0 Å². The molecule has 2 nitrogen and oxygen atoms in total. The molecule has 2 unspecified atom stereocenters. The monoisotopic (exact) mass is 185 g/mol. The van der Waals surface area contributed by atoms with Crippen molar-refractivity contribution < 1.29 is 9.13 Å². The van der Waals surface area contributed by atoms with Crippen LogP contribution in [0.3, 0.4) is 0 Å². The van der Waals surface area contributed by atoms with E-state index in [9.17, 15) is 4.39 Å². The van der Waals surface area contributed by atoms with Gasteiger partial charge in [-0.3, -0.25) is 4.90 Å². The lowest BCUT2D eigenvalue weighted by Gasteiger charge is -2.29. The Morgan fingerprint density at radius 3 is 3.23 bits per heavy atom. The number of nitrogens with zero attached hydrogens (tertiary/aromatic N) is 1. The van der Waals surface area contributed by atoms with Crippen LogP contribution in [0.1, 0.15) is 12.8 Å². The smallest absolute Gasteiger partial charge is 0.115 e.